The summed E-state index contributed by atoms with van der Waals surface area (Å²) < 4.78 is 44.3. The number of benzene rings is 1. The lowest BCUT2D eigenvalue weighted by Gasteiger charge is -2.33. The van der Waals surface area contributed by atoms with Crippen molar-refractivity contribution in [2.75, 3.05) is 27.3 Å². The number of hydrogen-bond acceptors (Lipinski definition) is 3. The van der Waals surface area contributed by atoms with E-state index in [2.05, 4.69) is 0 Å². The molecular formula is C14H21F3N2O. The Morgan fingerprint density at radius 3 is 2.40 bits per heavy atom. The highest BCUT2D eigenvalue weighted by Gasteiger charge is 2.36. The van der Waals surface area contributed by atoms with Crippen LogP contribution in [-0.2, 0) is 10.9 Å². The first kappa shape index (κ1) is 16.9. The zero-order valence-electron chi connectivity index (χ0n) is 11.9. The third-order valence-corrected chi connectivity index (χ3v) is 3.44. The topological polar surface area (TPSA) is 38.5 Å². The van der Waals surface area contributed by atoms with Crippen LogP contribution in [0, 0.1) is 0 Å². The number of alkyl halides is 3. The van der Waals surface area contributed by atoms with Crippen LogP contribution in [0.15, 0.2) is 24.3 Å². The van der Waals surface area contributed by atoms with Crippen molar-refractivity contribution in [3.63, 3.8) is 0 Å². The number of hydrogen-bond donors (Lipinski definition) is 1. The maximum Gasteiger partial charge on any atom is 0.416 e. The summed E-state index contributed by atoms with van der Waals surface area (Å²) in [4.78, 5) is 1.81. The number of methoxy groups -OCH3 is 1. The third kappa shape index (κ3) is 3.94. The predicted octanol–water partition coefficient (Wildman–Crippen LogP) is 2.67. The van der Waals surface area contributed by atoms with Crippen LogP contribution in [0.25, 0.3) is 0 Å². The Bertz CT molecular complexity index is 423. The molecule has 0 saturated carbocycles. The highest BCUT2D eigenvalue weighted by molar-refractivity contribution is 5.32. The quantitative estimate of drug-likeness (QED) is 0.875. The maximum atomic E-state index is 13.1. The molecule has 2 unspecified atom stereocenters. The van der Waals surface area contributed by atoms with Crippen LogP contribution in [0.2, 0.25) is 0 Å². The molecule has 2 atom stereocenters. The number of rotatable bonds is 6. The summed E-state index contributed by atoms with van der Waals surface area (Å²) in [5.74, 6) is 0. The van der Waals surface area contributed by atoms with Gasteiger partial charge in [0.15, 0.2) is 0 Å². The van der Waals surface area contributed by atoms with Crippen LogP contribution in [-0.4, -0.2) is 38.3 Å². The Morgan fingerprint density at radius 2 is 1.90 bits per heavy atom. The summed E-state index contributed by atoms with van der Waals surface area (Å²) >= 11 is 0. The second-order valence-electron chi connectivity index (χ2n) is 4.81. The molecule has 2 N–H and O–H groups in total. The molecule has 3 nitrogen and oxygen atoms in total. The van der Waals surface area contributed by atoms with Crippen molar-refractivity contribution in [3.05, 3.63) is 35.4 Å². The molecule has 0 aliphatic carbocycles. The first-order valence-electron chi connectivity index (χ1n) is 6.40. The zero-order chi connectivity index (χ0) is 15.3. The lowest BCUT2D eigenvalue weighted by molar-refractivity contribution is -0.138. The fraction of sp³-hybridized carbons (Fsp3) is 0.571. The summed E-state index contributed by atoms with van der Waals surface area (Å²) in [6, 6.07) is 5.02. The van der Waals surface area contributed by atoms with E-state index in [9.17, 15) is 13.2 Å². The van der Waals surface area contributed by atoms with Crippen LogP contribution in [0.4, 0.5) is 13.2 Å². The number of halogens is 3. The Hall–Kier alpha value is -1.11. The summed E-state index contributed by atoms with van der Waals surface area (Å²) in [7, 11) is 3.32. The van der Waals surface area contributed by atoms with E-state index in [1.54, 1.807) is 20.2 Å². The van der Waals surface area contributed by atoms with Crippen LogP contribution >= 0.6 is 0 Å². The van der Waals surface area contributed by atoms with Gasteiger partial charge in [0.05, 0.1) is 12.2 Å². The van der Waals surface area contributed by atoms with Gasteiger partial charge in [-0.3, -0.25) is 4.90 Å². The smallest absolute Gasteiger partial charge is 0.383 e. The molecular weight excluding hydrogens is 269 g/mol. The predicted molar refractivity (Wildman–Crippen MR) is 72.3 cm³/mol. The molecule has 1 aromatic carbocycles. The van der Waals surface area contributed by atoms with Crippen LogP contribution in [0.1, 0.15) is 24.1 Å². The Morgan fingerprint density at radius 1 is 1.30 bits per heavy atom. The first-order valence-corrected chi connectivity index (χ1v) is 6.40. The molecule has 0 heterocycles. The van der Waals surface area contributed by atoms with Gasteiger partial charge >= 0.3 is 6.18 Å². The third-order valence-electron chi connectivity index (χ3n) is 3.44. The zero-order valence-corrected chi connectivity index (χ0v) is 11.9. The lowest BCUT2D eigenvalue weighted by Crippen LogP contribution is -2.40. The van der Waals surface area contributed by atoms with E-state index < -0.39 is 17.8 Å². The molecule has 0 aliphatic heterocycles. The van der Waals surface area contributed by atoms with E-state index in [1.165, 1.54) is 12.1 Å². The van der Waals surface area contributed by atoms with Crippen molar-refractivity contribution in [3.8, 4) is 0 Å². The lowest BCUT2D eigenvalue weighted by atomic mass is 9.98. The summed E-state index contributed by atoms with van der Waals surface area (Å²) in [5.41, 5.74) is 5.27. The number of nitrogens with zero attached hydrogens (tertiary/aromatic N) is 1. The van der Waals surface area contributed by atoms with Crippen molar-refractivity contribution < 1.29 is 17.9 Å². The average Bonchev–Trinajstić information content (AvgIpc) is 2.39. The highest BCUT2D eigenvalue weighted by Crippen LogP contribution is 2.36. The van der Waals surface area contributed by atoms with E-state index in [4.69, 9.17) is 10.5 Å². The second kappa shape index (κ2) is 7.06. The first-order chi connectivity index (χ1) is 9.32. The molecule has 1 aromatic rings. The fourth-order valence-electron chi connectivity index (χ4n) is 2.22. The van der Waals surface area contributed by atoms with Gasteiger partial charge in [-0.15, -0.1) is 0 Å². The summed E-state index contributed by atoms with van der Waals surface area (Å²) in [6.45, 7) is 2.43. The van der Waals surface area contributed by atoms with Crippen molar-refractivity contribution in [2.24, 2.45) is 5.73 Å². The van der Waals surface area contributed by atoms with Crippen molar-refractivity contribution in [1.82, 2.24) is 4.90 Å². The van der Waals surface area contributed by atoms with Crippen LogP contribution in [0.3, 0.4) is 0 Å². The highest BCUT2D eigenvalue weighted by atomic mass is 19.4. The molecule has 1 rings (SSSR count). The molecule has 0 aliphatic rings. The Labute approximate surface area is 117 Å². The SMILES string of the molecule is COCC(C)N(C)C(CN)c1ccccc1C(F)(F)F. The van der Waals surface area contributed by atoms with Crippen LogP contribution in [0.5, 0.6) is 0 Å². The maximum absolute atomic E-state index is 13.1. The van der Waals surface area contributed by atoms with E-state index in [-0.39, 0.29) is 18.2 Å². The van der Waals surface area contributed by atoms with Gasteiger partial charge < -0.3 is 10.5 Å². The Balaban J connectivity index is 3.13. The van der Waals surface area contributed by atoms with Gasteiger partial charge in [-0.25, -0.2) is 0 Å². The molecule has 0 spiro atoms. The number of likely N-dealkylation sites (N-methyl/N-ethyl adjacent to an activating group) is 1. The normalized spacial score (nSPS) is 15.4. The monoisotopic (exact) mass is 290 g/mol. The molecule has 0 saturated heterocycles. The fourth-order valence-corrected chi connectivity index (χ4v) is 2.22. The van der Waals surface area contributed by atoms with E-state index in [1.807, 2.05) is 11.8 Å². The van der Waals surface area contributed by atoms with E-state index >= 15 is 0 Å². The van der Waals surface area contributed by atoms with Gasteiger partial charge in [-0.1, -0.05) is 18.2 Å². The molecule has 6 heteroatoms. The van der Waals surface area contributed by atoms with Crippen LogP contribution < -0.4 is 5.73 Å². The minimum Gasteiger partial charge on any atom is -0.383 e. The van der Waals surface area contributed by atoms with Gasteiger partial charge in [0, 0.05) is 25.7 Å². The van der Waals surface area contributed by atoms with Crippen molar-refractivity contribution in [2.45, 2.75) is 25.2 Å². The molecule has 0 aromatic heterocycles. The van der Waals surface area contributed by atoms with Gasteiger partial charge in [0.2, 0.25) is 0 Å². The molecule has 0 bridgehead atoms. The van der Waals surface area contributed by atoms with Gasteiger partial charge in [-0.2, -0.15) is 13.2 Å². The standard InChI is InChI=1S/C14H21F3N2O/c1-10(9-20-3)19(2)13(8-18)11-6-4-5-7-12(11)14(15,16)17/h4-7,10,13H,8-9,18H2,1-3H3. The van der Waals surface area contributed by atoms with Gasteiger partial charge in [0.25, 0.3) is 0 Å². The van der Waals surface area contributed by atoms with Crippen molar-refractivity contribution in [1.29, 1.82) is 0 Å². The summed E-state index contributed by atoms with van der Waals surface area (Å²) in [6.07, 6.45) is -4.38. The summed E-state index contributed by atoms with van der Waals surface area (Å²) in [5, 5.41) is 0. The minimum absolute atomic E-state index is 0.0326. The van der Waals surface area contributed by atoms with Crippen molar-refractivity contribution >= 4 is 0 Å². The molecule has 0 fully saturated rings. The van der Waals surface area contributed by atoms with E-state index in [0.29, 0.717) is 6.61 Å². The molecule has 114 valence electrons. The number of nitrogens with two attached hydrogens (primary N) is 1. The van der Waals surface area contributed by atoms with Gasteiger partial charge in [-0.05, 0) is 25.6 Å². The van der Waals surface area contributed by atoms with E-state index in [0.717, 1.165) is 6.07 Å². The average molecular weight is 290 g/mol. The molecule has 0 amide bonds. The molecule has 20 heavy (non-hydrogen) atoms. The number of ether oxygens (including phenoxy) is 1. The van der Waals surface area contributed by atoms with Gasteiger partial charge in [0.1, 0.15) is 0 Å². The second-order valence-corrected chi connectivity index (χ2v) is 4.81. The minimum atomic E-state index is -4.38. The largest absolute Gasteiger partial charge is 0.416 e. The Kier molecular flexibility index (Phi) is 5.98. The molecule has 0 radical (unpaired) electrons.